The van der Waals surface area contributed by atoms with Crippen molar-refractivity contribution in [2.24, 2.45) is 0 Å². The van der Waals surface area contributed by atoms with E-state index in [2.05, 4.69) is 50.3 Å². The third kappa shape index (κ3) is 29.4. The molecule has 0 bridgehead atoms. The summed E-state index contributed by atoms with van der Waals surface area (Å²) < 4.78 is 33.6. The molecule has 70 heavy (non-hydrogen) atoms. The van der Waals surface area contributed by atoms with Crippen molar-refractivity contribution in [3.63, 3.8) is 0 Å². The summed E-state index contributed by atoms with van der Waals surface area (Å²) in [6, 6.07) is 0. The molecule has 2 rings (SSSR count). The van der Waals surface area contributed by atoms with Gasteiger partial charge in [-0.3, -0.25) is 9.59 Å². The third-order valence-corrected chi connectivity index (χ3v) is 13.1. The van der Waals surface area contributed by atoms with Gasteiger partial charge in [-0.1, -0.05) is 179 Å². The fourth-order valence-electron chi connectivity index (χ4n) is 8.58. The second-order valence-electron chi connectivity index (χ2n) is 19.4. The molecule has 7 N–H and O–H groups in total. The summed E-state index contributed by atoms with van der Waals surface area (Å²) in [4.78, 5) is 25.8. The van der Waals surface area contributed by atoms with Gasteiger partial charge in [-0.15, -0.1) is 0 Å². The highest BCUT2D eigenvalue weighted by atomic mass is 16.7. The molecule has 0 spiro atoms. The van der Waals surface area contributed by atoms with Crippen molar-refractivity contribution < 1.29 is 73.8 Å². The van der Waals surface area contributed by atoms with Crippen LogP contribution in [0, 0.1) is 0 Å². The molecule has 2 aliphatic heterocycles. The maximum absolute atomic E-state index is 13.0. The number of aliphatic hydroxyl groups is 7. The summed E-state index contributed by atoms with van der Waals surface area (Å²) in [6.07, 6.45) is 28.7. The van der Waals surface area contributed by atoms with E-state index in [-0.39, 0.29) is 26.1 Å². The Morgan fingerprint density at radius 1 is 0.457 bits per heavy atom. The zero-order chi connectivity index (χ0) is 51.0. The Morgan fingerprint density at radius 2 is 0.857 bits per heavy atom. The number of aliphatic hydroxyl groups excluding tert-OH is 7. The van der Waals surface area contributed by atoms with Crippen LogP contribution in [0.25, 0.3) is 0 Å². The van der Waals surface area contributed by atoms with E-state index >= 15 is 0 Å². The quantitative estimate of drug-likeness (QED) is 0.0173. The number of unbranched alkanes of at least 4 members (excludes halogenated alkanes) is 23. The first-order valence-electron chi connectivity index (χ1n) is 27.6. The highest BCUT2D eigenvalue weighted by Gasteiger charge is 2.47. The van der Waals surface area contributed by atoms with E-state index in [1.165, 1.54) is 96.3 Å². The van der Waals surface area contributed by atoms with Gasteiger partial charge in [0.2, 0.25) is 0 Å². The topological polar surface area (TPSA) is 231 Å². The second-order valence-corrected chi connectivity index (χ2v) is 19.4. The zero-order valence-corrected chi connectivity index (χ0v) is 43.3. The molecule has 2 saturated heterocycles. The summed E-state index contributed by atoms with van der Waals surface area (Å²) in [7, 11) is 0. The molecule has 408 valence electrons. The normalized spacial score (nSPS) is 25.6. The molecule has 0 aromatic carbocycles. The van der Waals surface area contributed by atoms with Crippen molar-refractivity contribution in [2.45, 2.75) is 274 Å². The van der Waals surface area contributed by atoms with Gasteiger partial charge in [-0.05, 0) is 51.4 Å². The Kier molecular flexibility index (Phi) is 38.4. The highest BCUT2D eigenvalue weighted by molar-refractivity contribution is 5.70. The maximum Gasteiger partial charge on any atom is 0.306 e. The van der Waals surface area contributed by atoms with Gasteiger partial charge in [-0.25, -0.2) is 0 Å². The Balaban J connectivity index is 1.79. The molecule has 15 nitrogen and oxygen atoms in total. The number of carbonyl (C=O) groups excluding carboxylic acids is 2. The van der Waals surface area contributed by atoms with Crippen molar-refractivity contribution in [1.29, 1.82) is 0 Å². The van der Waals surface area contributed by atoms with Crippen LogP contribution in [0.1, 0.15) is 206 Å². The Morgan fingerprint density at radius 3 is 1.37 bits per heavy atom. The molecule has 11 atom stereocenters. The molecule has 2 fully saturated rings. The first-order valence-corrected chi connectivity index (χ1v) is 27.6. The molecule has 0 saturated carbocycles. The summed E-state index contributed by atoms with van der Waals surface area (Å²) in [6.45, 7) is 2.57. The van der Waals surface area contributed by atoms with Gasteiger partial charge in [0, 0.05) is 12.8 Å². The van der Waals surface area contributed by atoms with Gasteiger partial charge in [-0.2, -0.15) is 0 Å². The molecule has 11 unspecified atom stereocenters. The SMILES string of the molecule is CCCCC/C=C\C/C=C\C/C=C\CCCCCCCCC(=O)OC(COC(=O)CCCCCCCCCCCCCCCCC)COC1OC(COC2OC(CO)C(O)C(O)C2O)C(O)C(O)C1O. The predicted octanol–water partition coefficient (Wildman–Crippen LogP) is 8.49. The van der Waals surface area contributed by atoms with Gasteiger partial charge in [0.15, 0.2) is 18.7 Å². The van der Waals surface area contributed by atoms with E-state index in [0.29, 0.717) is 12.8 Å². The molecular weight excluding hydrogens is 901 g/mol. The van der Waals surface area contributed by atoms with Gasteiger partial charge >= 0.3 is 11.9 Å². The molecule has 0 aromatic heterocycles. The van der Waals surface area contributed by atoms with Crippen LogP contribution in [-0.2, 0) is 38.0 Å². The van der Waals surface area contributed by atoms with Crippen LogP contribution in [0.4, 0.5) is 0 Å². The Bertz CT molecular complexity index is 1360. The average molecular weight is 999 g/mol. The van der Waals surface area contributed by atoms with Gasteiger partial charge in [0.25, 0.3) is 0 Å². The van der Waals surface area contributed by atoms with Gasteiger partial charge < -0.3 is 64.2 Å². The lowest BCUT2D eigenvalue weighted by molar-refractivity contribution is -0.332. The van der Waals surface area contributed by atoms with Crippen molar-refractivity contribution >= 4 is 11.9 Å². The van der Waals surface area contributed by atoms with Crippen LogP contribution in [0.3, 0.4) is 0 Å². The van der Waals surface area contributed by atoms with E-state index in [1.807, 2.05) is 0 Å². The summed E-state index contributed by atoms with van der Waals surface area (Å²) >= 11 is 0. The summed E-state index contributed by atoms with van der Waals surface area (Å²) in [5, 5.41) is 72.2. The largest absolute Gasteiger partial charge is 0.462 e. The van der Waals surface area contributed by atoms with Crippen LogP contribution in [0.2, 0.25) is 0 Å². The smallest absolute Gasteiger partial charge is 0.306 e. The number of hydrogen-bond donors (Lipinski definition) is 7. The third-order valence-electron chi connectivity index (χ3n) is 13.1. The predicted molar refractivity (Wildman–Crippen MR) is 270 cm³/mol. The van der Waals surface area contributed by atoms with E-state index < -0.39 is 92.7 Å². The van der Waals surface area contributed by atoms with Gasteiger partial charge in [0.1, 0.15) is 55.4 Å². The van der Waals surface area contributed by atoms with E-state index in [0.717, 1.165) is 70.6 Å². The standard InChI is InChI=1S/C55H98O15/c1-3-5-7-9-11-13-15-17-19-20-21-22-24-26-28-30-32-34-36-38-47(58)68-43(40-65-46(57)37-35-33-31-29-27-25-23-18-16-14-12-10-8-6-4-2)41-66-54-53(64)51(62)49(60)45(70-54)42-67-55-52(63)50(61)48(59)44(39-56)69-55/h11,13,17,19,21-22,43-45,48-56,59-64H,3-10,12,14-16,18,20,23-42H2,1-2H3/b13-11-,19-17-,22-21-. The number of ether oxygens (including phenoxy) is 6. The van der Waals surface area contributed by atoms with E-state index in [1.54, 1.807) is 0 Å². The average Bonchev–Trinajstić information content (AvgIpc) is 3.35. The molecule has 15 heteroatoms. The van der Waals surface area contributed by atoms with E-state index in [9.17, 15) is 45.3 Å². The lowest BCUT2D eigenvalue weighted by Gasteiger charge is -2.42. The highest BCUT2D eigenvalue weighted by Crippen LogP contribution is 2.26. The number of esters is 2. The minimum Gasteiger partial charge on any atom is -0.462 e. The van der Waals surface area contributed by atoms with Crippen molar-refractivity contribution in [2.75, 3.05) is 26.4 Å². The number of hydrogen-bond acceptors (Lipinski definition) is 15. The van der Waals surface area contributed by atoms with Crippen molar-refractivity contribution in [3.05, 3.63) is 36.5 Å². The van der Waals surface area contributed by atoms with Crippen LogP contribution < -0.4 is 0 Å². The summed E-state index contributed by atoms with van der Waals surface area (Å²) in [5.41, 5.74) is 0. The van der Waals surface area contributed by atoms with Crippen molar-refractivity contribution in [1.82, 2.24) is 0 Å². The second kappa shape index (κ2) is 42.1. The first kappa shape index (κ1) is 63.8. The lowest BCUT2D eigenvalue weighted by Crippen LogP contribution is -2.61. The fraction of sp³-hybridized carbons (Fsp3) is 0.855. The zero-order valence-electron chi connectivity index (χ0n) is 43.3. The van der Waals surface area contributed by atoms with Crippen LogP contribution in [0.5, 0.6) is 0 Å². The number of carbonyl (C=O) groups is 2. The van der Waals surface area contributed by atoms with E-state index in [4.69, 9.17) is 28.4 Å². The van der Waals surface area contributed by atoms with Gasteiger partial charge in [0.05, 0.1) is 19.8 Å². The molecule has 2 aliphatic rings. The number of allylic oxidation sites excluding steroid dienone is 6. The minimum atomic E-state index is -1.77. The maximum atomic E-state index is 13.0. The van der Waals surface area contributed by atoms with Crippen LogP contribution in [0.15, 0.2) is 36.5 Å². The summed E-state index contributed by atoms with van der Waals surface area (Å²) in [5.74, 6) is -0.932. The molecular formula is C55H98O15. The molecule has 0 aromatic rings. The van der Waals surface area contributed by atoms with Crippen molar-refractivity contribution in [3.8, 4) is 0 Å². The fourth-order valence-corrected chi connectivity index (χ4v) is 8.58. The lowest BCUT2D eigenvalue weighted by atomic mass is 9.98. The molecule has 2 heterocycles. The number of rotatable bonds is 43. The first-order chi connectivity index (χ1) is 34.0. The van der Waals surface area contributed by atoms with Crippen LogP contribution in [-0.4, -0.2) is 142 Å². The molecule has 0 aliphatic carbocycles. The minimum absolute atomic E-state index is 0.152. The monoisotopic (exact) mass is 999 g/mol. The Labute approximate surface area is 421 Å². The molecule has 0 radical (unpaired) electrons. The molecule has 0 amide bonds. The Hall–Kier alpha value is -2.28. The van der Waals surface area contributed by atoms with Crippen LogP contribution >= 0.6 is 0 Å².